The van der Waals surface area contributed by atoms with Crippen LogP contribution in [-0.4, -0.2) is 9.55 Å². The number of benzene rings is 8. The molecule has 2 aromatic heterocycles. The second-order valence-corrected chi connectivity index (χ2v) is 15.2. The third kappa shape index (κ3) is 4.86. The van der Waals surface area contributed by atoms with E-state index in [0.29, 0.717) is 0 Å². The fourth-order valence-corrected chi connectivity index (χ4v) is 9.07. The van der Waals surface area contributed by atoms with Crippen LogP contribution in [0.25, 0.3) is 71.4 Å². The molecule has 8 aromatic carbocycles. The fourth-order valence-electron chi connectivity index (χ4n) is 9.07. The van der Waals surface area contributed by atoms with Gasteiger partial charge in [-0.25, -0.2) is 4.98 Å². The minimum Gasteiger partial charge on any atom is -0.309 e. The number of nitrogens with zero attached hydrogens (tertiary/aromatic N) is 3. The molecule has 0 radical (unpaired) electrons. The first-order chi connectivity index (χ1) is 27.0. The van der Waals surface area contributed by atoms with E-state index in [1.807, 2.05) is 0 Å². The van der Waals surface area contributed by atoms with Gasteiger partial charge in [-0.15, -0.1) is 0 Å². The molecule has 0 saturated heterocycles. The largest absolute Gasteiger partial charge is 0.309 e. The summed E-state index contributed by atoms with van der Waals surface area (Å²) in [5.41, 5.74) is 14.3. The lowest BCUT2D eigenvalue weighted by Crippen LogP contribution is -2.17. The maximum atomic E-state index is 5.32. The van der Waals surface area contributed by atoms with Gasteiger partial charge in [0, 0.05) is 38.6 Å². The molecule has 1 aliphatic carbocycles. The van der Waals surface area contributed by atoms with E-state index in [4.69, 9.17) is 4.98 Å². The summed E-state index contributed by atoms with van der Waals surface area (Å²) in [5, 5.41) is 6.16. The second kappa shape index (κ2) is 12.0. The van der Waals surface area contributed by atoms with Crippen LogP contribution in [-0.2, 0) is 5.41 Å². The molecule has 0 unspecified atom stereocenters. The summed E-state index contributed by atoms with van der Waals surface area (Å²) in [5.74, 6) is 0.890. The van der Waals surface area contributed by atoms with Crippen molar-refractivity contribution in [1.29, 1.82) is 0 Å². The van der Waals surface area contributed by atoms with Crippen molar-refractivity contribution in [3.05, 3.63) is 199 Å². The molecule has 2 heterocycles. The summed E-state index contributed by atoms with van der Waals surface area (Å²) in [7, 11) is 0. The van der Waals surface area contributed by atoms with Gasteiger partial charge in [0.15, 0.2) is 0 Å². The summed E-state index contributed by atoms with van der Waals surface area (Å²) in [4.78, 5) is 7.60. The van der Waals surface area contributed by atoms with Crippen molar-refractivity contribution in [2.24, 2.45) is 0 Å². The Bertz CT molecular complexity index is 3120. The Labute approximate surface area is 320 Å². The van der Waals surface area contributed by atoms with E-state index >= 15 is 0 Å². The topological polar surface area (TPSA) is 21.1 Å². The Kier molecular flexibility index (Phi) is 6.90. The third-order valence-corrected chi connectivity index (χ3v) is 11.7. The smallest absolute Gasteiger partial charge is 0.138 e. The zero-order valence-electron chi connectivity index (χ0n) is 30.7. The van der Waals surface area contributed by atoms with Crippen LogP contribution < -0.4 is 4.90 Å². The van der Waals surface area contributed by atoms with Crippen molar-refractivity contribution in [3.63, 3.8) is 0 Å². The number of para-hydroxylation sites is 2. The molecule has 11 rings (SSSR count). The van der Waals surface area contributed by atoms with Crippen LogP contribution in [0.15, 0.2) is 188 Å². The van der Waals surface area contributed by atoms with Crippen molar-refractivity contribution in [1.82, 2.24) is 9.55 Å². The molecule has 260 valence electrons. The van der Waals surface area contributed by atoms with Gasteiger partial charge in [0.25, 0.3) is 0 Å². The molecule has 3 heteroatoms. The van der Waals surface area contributed by atoms with Gasteiger partial charge in [-0.1, -0.05) is 123 Å². The van der Waals surface area contributed by atoms with Crippen LogP contribution in [0, 0.1) is 0 Å². The van der Waals surface area contributed by atoms with E-state index in [0.717, 1.165) is 33.8 Å². The highest BCUT2D eigenvalue weighted by molar-refractivity contribution is 6.22. The maximum Gasteiger partial charge on any atom is 0.138 e. The average Bonchev–Trinajstić information content (AvgIpc) is 3.69. The van der Waals surface area contributed by atoms with E-state index in [2.05, 4.69) is 211 Å². The minimum absolute atomic E-state index is 0.0932. The Balaban J connectivity index is 1.02. The molecular weight excluding hydrogens is 667 g/mol. The lowest BCUT2D eigenvalue weighted by molar-refractivity contribution is 0.660. The van der Waals surface area contributed by atoms with Gasteiger partial charge >= 0.3 is 0 Å². The molecular formula is C52H37N3. The van der Waals surface area contributed by atoms with Gasteiger partial charge in [-0.3, -0.25) is 4.90 Å². The van der Waals surface area contributed by atoms with Crippen LogP contribution in [0.3, 0.4) is 0 Å². The summed E-state index contributed by atoms with van der Waals surface area (Å²) < 4.78 is 2.39. The summed E-state index contributed by atoms with van der Waals surface area (Å²) in [6.45, 7) is 4.67. The molecule has 55 heavy (non-hydrogen) atoms. The molecule has 0 amide bonds. The monoisotopic (exact) mass is 703 g/mol. The first-order valence-electron chi connectivity index (χ1n) is 19.1. The Morgan fingerprint density at radius 1 is 0.473 bits per heavy atom. The van der Waals surface area contributed by atoms with Gasteiger partial charge in [0.2, 0.25) is 0 Å². The average molecular weight is 704 g/mol. The van der Waals surface area contributed by atoms with Crippen LogP contribution in [0.4, 0.5) is 17.2 Å². The van der Waals surface area contributed by atoms with E-state index in [9.17, 15) is 0 Å². The SMILES string of the molecule is CC1(C)c2ccccc2-c2ccc(N(c3ccccc3)c3ccc4cc(-c5ccc6c(c5)c5c7ccccc7ccc5n6-c5ccccc5)ccc4n3)cc21. The normalized spacial score (nSPS) is 13.1. The molecule has 0 saturated carbocycles. The van der Waals surface area contributed by atoms with Crippen LogP contribution in [0.1, 0.15) is 25.0 Å². The predicted octanol–water partition coefficient (Wildman–Crippen LogP) is 13.9. The van der Waals surface area contributed by atoms with Gasteiger partial charge in [-0.2, -0.15) is 0 Å². The number of rotatable bonds is 5. The van der Waals surface area contributed by atoms with Crippen LogP contribution in [0.5, 0.6) is 0 Å². The van der Waals surface area contributed by atoms with Crippen molar-refractivity contribution < 1.29 is 0 Å². The van der Waals surface area contributed by atoms with E-state index in [-0.39, 0.29) is 5.41 Å². The lowest BCUT2D eigenvalue weighted by atomic mass is 9.82. The predicted molar refractivity (Wildman–Crippen MR) is 231 cm³/mol. The number of pyridine rings is 1. The first kappa shape index (κ1) is 31.5. The summed E-state index contributed by atoms with van der Waals surface area (Å²) in [6.07, 6.45) is 0. The van der Waals surface area contributed by atoms with Crippen molar-refractivity contribution in [2.45, 2.75) is 19.3 Å². The van der Waals surface area contributed by atoms with E-state index < -0.39 is 0 Å². The second-order valence-electron chi connectivity index (χ2n) is 15.2. The Morgan fingerprint density at radius 3 is 2.04 bits per heavy atom. The van der Waals surface area contributed by atoms with Crippen molar-refractivity contribution >= 4 is 60.7 Å². The minimum atomic E-state index is -0.0932. The zero-order chi connectivity index (χ0) is 36.7. The molecule has 0 N–H and O–H groups in total. The van der Waals surface area contributed by atoms with Gasteiger partial charge in [0.05, 0.1) is 16.6 Å². The number of aromatic nitrogens is 2. The lowest BCUT2D eigenvalue weighted by Gasteiger charge is -2.27. The van der Waals surface area contributed by atoms with Crippen LogP contribution >= 0.6 is 0 Å². The number of hydrogen-bond donors (Lipinski definition) is 0. The van der Waals surface area contributed by atoms with Gasteiger partial charge in [-0.05, 0) is 123 Å². The molecule has 3 nitrogen and oxygen atoms in total. The highest BCUT2D eigenvalue weighted by atomic mass is 15.2. The molecule has 0 bridgehead atoms. The summed E-state index contributed by atoms with van der Waals surface area (Å²) in [6, 6.07) is 68.2. The molecule has 0 aliphatic heterocycles. The highest BCUT2D eigenvalue weighted by Gasteiger charge is 2.35. The van der Waals surface area contributed by atoms with Gasteiger partial charge in [0.1, 0.15) is 5.82 Å². The fraction of sp³-hybridized carbons (Fsp3) is 0.0577. The molecule has 0 atom stereocenters. The highest BCUT2D eigenvalue weighted by Crippen LogP contribution is 2.50. The molecule has 1 aliphatic rings. The Morgan fingerprint density at radius 2 is 1.16 bits per heavy atom. The van der Waals surface area contributed by atoms with Crippen molar-refractivity contribution in [2.75, 3.05) is 4.90 Å². The Hall–Kier alpha value is -6.97. The molecule has 0 fully saturated rings. The zero-order valence-corrected chi connectivity index (χ0v) is 30.7. The van der Waals surface area contributed by atoms with E-state index in [1.54, 1.807) is 0 Å². The van der Waals surface area contributed by atoms with E-state index in [1.165, 1.54) is 66.0 Å². The van der Waals surface area contributed by atoms with Crippen LogP contribution in [0.2, 0.25) is 0 Å². The number of fused-ring (bicyclic) bond motifs is 9. The number of anilines is 3. The molecule has 10 aromatic rings. The number of hydrogen-bond acceptors (Lipinski definition) is 2. The first-order valence-corrected chi connectivity index (χ1v) is 19.1. The maximum absolute atomic E-state index is 5.32. The standard InChI is InChI=1S/C52H37N3/c1-52(2)45-20-12-11-19-42(45)43-26-25-40(33-46(43)52)54(38-14-5-3-6-15-38)50-30-24-37-31-35(21-27-47(37)53-50)36-23-28-48-44(32-36)51-41-18-10-9-13-34(41)22-29-49(51)55(48)39-16-7-4-8-17-39/h3-33H,1-2H3. The summed E-state index contributed by atoms with van der Waals surface area (Å²) >= 11 is 0. The van der Waals surface area contributed by atoms with Crippen molar-refractivity contribution in [3.8, 4) is 27.9 Å². The quantitative estimate of drug-likeness (QED) is 0.178. The third-order valence-electron chi connectivity index (χ3n) is 11.7. The molecule has 0 spiro atoms. The van der Waals surface area contributed by atoms with Gasteiger partial charge < -0.3 is 4.57 Å².